The van der Waals surface area contributed by atoms with Crippen LogP contribution in [0.2, 0.25) is 0 Å². The van der Waals surface area contributed by atoms with Crippen LogP contribution in [0.1, 0.15) is 47.7 Å². The standard InChI is InChI=1S/C21H37N5OS/c1-17-18(2)28-19(25-17)7-10-23-20(22-3)24-15-21(8-5-4-6-9-21)16-26-11-13-27-14-12-26/h4-16H2,1-3H3,(H2,22,23,24). The normalized spacial score (nSPS) is 20.9. The van der Waals surface area contributed by atoms with Crippen molar-refractivity contribution in [3.63, 3.8) is 0 Å². The Morgan fingerprint density at radius 2 is 1.93 bits per heavy atom. The molecular formula is C21H37N5OS. The van der Waals surface area contributed by atoms with E-state index in [0.29, 0.717) is 5.41 Å². The molecule has 2 heterocycles. The van der Waals surface area contributed by atoms with Gasteiger partial charge in [0.05, 0.1) is 23.9 Å². The predicted molar refractivity (Wildman–Crippen MR) is 117 cm³/mol. The van der Waals surface area contributed by atoms with E-state index in [4.69, 9.17) is 4.74 Å². The Morgan fingerprint density at radius 1 is 1.18 bits per heavy atom. The molecular weight excluding hydrogens is 370 g/mol. The number of aliphatic imine (C=N–C) groups is 1. The van der Waals surface area contributed by atoms with Crippen molar-refractivity contribution in [2.75, 3.05) is 53.0 Å². The number of aromatic nitrogens is 1. The van der Waals surface area contributed by atoms with Crippen LogP contribution in [-0.2, 0) is 11.2 Å². The molecule has 1 saturated carbocycles. The molecule has 0 aromatic carbocycles. The molecule has 0 bridgehead atoms. The van der Waals surface area contributed by atoms with E-state index in [-0.39, 0.29) is 0 Å². The van der Waals surface area contributed by atoms with E-state index in [1.54, 1.807) is 11.3 Å². The second kappa shape index (κ2) is 10.6. The fourth-order valence-corrected chi connectivity index (χ4v) is 5.29. The fraction of sp³-hybridized carbons (Fsp3) is 0.810. The molecule has 1 saturated heterocycles. The van der Waals surface area contributed by atoms with Gasteiger partial charge in [0.25, 0.3) is 0 Å². The van der Waals surface area contributed by atoms with Crippen molar-refractivity contribution < 1.29 is 4.74 Å². The molecule has 7 heteroatoms. The third-order valence-electron chi connectivity index (χ3n) is 6.14. The van der Waals surface area contributed by atoms with Crippen LogP contribution < -0.4 is 10.6 Å². The molecule has 2 aliphatic rings. The Labute approximate surface area is 174 Å². The van der Waals surface area contributed by atoms with Gasteiger partial charge in [-0.2, -0.15) is 0 Å². The molecule has 1 aliphatic carbocycles. The number of guanidine groups is 1. The molecule has 2 N–H and O–H groups in total. The van der Waals surface area contributed by atoms with Gasteiger partial charge in [0.15, 0.2) is 5.96 Å². The monoisotopic (exact) mass is 407 g/mol. The molecule has 1 aromatic rings. The zero-order valence-electron chi connectivity index (χ0n) is 17.9. The maximum Gasteiger partial charge on any atom is 0.191 e. The number of ether oxygens (including phenoxy) is 1. The quantitative estimate of drug-likeness (QED) is 0.538. The van der Waals surface area contributed by atoms with Crippen LogP contribution in [0.15, 0.2) is 4.99 Å². The SMILES string of the molecule is CN=C(NCCc1nc(C)c(C)s1)NCC1(CN2CCOCC2)CCCCC1. The van der Waals surface area contributed by atoms with Gasteiger partial charge in [0.1, 0.15) is 0 Å². The lowest BCUT2D eigenvalue weighted by molar-refractivity contribution is 0.00820. The van der Waals surface area contributed by atoms with E-state index >= 15 is 0 Å². The van der Waals surface area contributed by atoms with Crippen LogP contribution in [-0.4, -0.2) is 68.8 Å². The van der Waals surface area contributed by atoms with Crippen molar-refractivity contribution in [3.8, 4) is 0 Å². The number of hydrogen-bond donors (Lipinski definition) is 2. The maximum absolute atomic E-state index is 5.54. The molecule has 1 aliphatic heterocycles. The van der Waals surface area contributed by atoms with Gasteiger partial charge in [0, 0.05) is 56.5 Å². The minimum absolute atomic E-state index is 0.358. The predicted octanol–water partition coefficient (Wildman–Crippen LogP) is 2.75. The molecule has 0 radical (unpaired) electrons. The van der Waals surface area contributed by atoms with Gasteiger partial charge >= 0.3 is 0 Å². The highest BCUT2D eigenvalue weighted by Gasteiger charge is 2.34. The summed E-state index contributed by atoms with van der Waals surface area (Å²) in [6.07, 6.45) is 7.64. The summed E-state index contributed by atoms with van der Waals surface area (Å²) in [6, 6.07) is 0. The number of nitrogens with one attached hydrogen (secondary N) is 2. The van der Waals surface area contributed by atoms with Gasteiger partial charge in [-0.05, 0) is 26.7 Å². The van der Waals surface area contributed by atoms with E-state index in [9.17, 15) is 0 Å². The molecule has 6 nitrogen and oxygen atoms in total. The van der Waals surface area contributed by atoms with Gasteiger partial charge in [0.2, 0.25) is 0 Å². The Kier molecular flexibility index (Phi) is 8.11. The highest BCUT2D eigenvalue weighted by molar-refractivity contribution is 7.11. The third kappa shape index (κ3) is 6.16. The van der Waals surface area contributed by atoms with Gasteiger partial charge in [-0.25, -0.2) is 4.98 Å². The zero-order valence-corrected chi connectivity index (χ0v) is 18.7. The first-order chi connectivity index (χ1) is 13.6. The number of nitrogens with zero attached hydrogens (tertiary/aromatic N) is 3. The van der Waals surface area contributed by atoms with Crippen molar-refractivity contribution in [2.45, 2.75) is 52.4 Å². The summed E-state index contributed by atoms with van der Waals surface area (Å²) >= 11 is 1.80. The van der Waals surface area contributed by atoms with Crippen LogP contribution in [0.5, 0.6) is 0 Å². The molecule has 3 rings (SSSR count). The van der Waals surface area contributed by atoms with E-state index in [1.807, 2.05) is 7.05 Å². The summed E-state index contributed by atoms with van der Waals surface area (Å²) in [5.74, 6) is 0.914. The number of rotatable bonds is 7. The summed E-state index contributed by atoms with van der Waals surface area (Å²) in [5.41, 5.74) is 1.52. The molecule has 0 spiro atoms. The van der Waals surface area contributed by atoms with E-state index in [1.165, 1.54) is 48.5 Å². The molecule has 158 valence electrons. The van der Waals surface area contributed by atoms with Crippen molar-refractivity contribution in [2.24, 2.45) is 10.4 Å². The Hall–Kier alpha value is -1.18. The lowest BCUT2D eigenvalue weighted by atomic mass is 9.73. The number of hydrogen-bond acceptors (Lipinski definition) is 5. The number of morpholine rings is 1. The van der Waals surface area contributed by atoms with E-state index < -0.39 is 0 Å². The van der Waals surface area contributed by atoms with Gasteiger partial charge < -0.3 is 15.4 Å². The minimum Gasteiger partial charge on any atom is -0.379 e. The fourth-order valence-electron chi connectivity index (χ4n) is 4.35. The van der Waals surface area contributed by atoms with Crippen LogP contribution in [0.25, 0.3) is 0 Å². The van der Waals surface area contributed by atoms with E-state index in [0.717, 1.165) is 57.5 Å². The summed E-state index contributed by atoms with van der Waals surface area (Å²) in [5, 5.41) is 8.32. The minimum atomic E-state index is 0.358. The first kappa shape index (κ1) is 21.5. The van der Waals surface area contributed by atoms with Crippen LogP contribution >= 0.6 is 11.3 Å². The van der Waals surface area contributed by atoms with Gasteiger partial charge in [-0.1, -0.05) is 19.3 Å². The highest BCUT2D eigenvalue weighted by atomic mass is 32.1. The topological polar surface area (TPSA) is 61.8 Å². The summed E-state index contributed by atoms with van der Waals surface area (Å²) in [6.45, 7) is 11.2. The molecule has 2 fully saturated rings. The van der Waals surface area contributed by atoms with Crippen molar-refractivity contribution in [1.82, 2.24) is 20.5 Å². The molecule has 0 amide bonds. The average molecular weight is 408 g/mol. The Balaban J connectivity index is 1.48. The largest absolute Gasteiger partial charge is 0.379 e. The van der Waals surface area contributed by atoms with Crippen molar-refractivity contribution >= 4 is 17.3 Å². The van der Waals surface area contributed by atoms with Gasteiger partial charge in [-0.15, -0.1) is 11.3 Å². The smallest absolute Gasteiger partial charge is 0.191 e. The van der Waals surface area contributed by atoms with Crippen LogP contribution in [0.4, 0.5) is 0 Å². The molecule has 28 heavy (non-hydrogen) atoms. The summed E-state index contributed by atoms with van der Waals surface area (Å²) in [7, 11) is 1.86. The van der Waals surface area contributed by atoms with Crippen molar-refractivity contribution in [1.29, 1.82) is 0 Å². The summed E-state index contributed by atoms with van der Waals surface area (Å²) in [4.78, 5) is 13.0. The lowest BCUT2D eigenvalue weighted by Crippen LogP contribution is -2.51. The Morgan fingerprint density at radius 3 is 2.57 bits per heavy atom. The average Bonchev–Trinajstić information content (AvgIpc) is 3.03. The zero-order chi connectivity index (χ0) is 19.8. The second-order valence-corrected chi connectivity index (χ2v) is 9.59. The third-order valence-corrected chi connectivity index (χ3v) is 7.27. The second-order valence-electron chi connectivity index (χ2n) is 8.30. The first-order valence-electron chi connectivity index (χ1n) is 10.8. The number of aryl methyl sites for hydroxylation is 2. The first-order valence-corrected chi connectivity index (χ1v) is 11.6. The summed E-state index contributed by atoms with van der Waals surface area (Å²) < 4.78 is 5.54. The molecule has 0 unspecified atom stereocenters. The van der Waals surface area contributed by atoms with Crippen LogP contribution in [0.3, 0.4) is 0 Å². The Bertz CT molecular complexity index is 613. The maximum atomic E-state index is 5.54. The lowest BCUT2D eigenvalue weighted by Gasteiger charge is -2.42. The number of thiazole rings is 1. The van der Waals surface area contributed by atoms with Gasteiger partial charge in [-0.3, -0.25) is 9.89 Å². The van der Waals surface area contributed by atoms with Crippen molar-refractivity contribution in [3.05, 3.63) is 15.6 Å². The van der Waals surface area contributed by atoms with E-state index in [2.05, 4.69) is 39.4 Å². The molecule has 1 aromatic heterocycles. The molecule has 0 atom stereocenters. The van der Waals surface area contributed by atoms with Crippen LogP contribution in [0, 0.1) is 19.3 Å². The highest BCUT2D eigenvalue weighted by Crippen LogP contribution is 2.36.